The van der Waals surface area contributed by atoms with Crippen molar-refractivity contribution in [3.63, 3.8) is 0 Å². The summed E-state index contributed by atoms with van der Waals surface area (Å²) in [6, 6.07) is 0. The Kier molecular flexibility index (Phi) is 2.73. The highest BCUT2D eigenvalue weighted by Crippen LogP contribution is 2.18. The molecule has 0 spiro atoms. The summed E-state index contributed by atoms with van der Waals surface area (Å²) in [5, 5.41) is 0. The van der Waals surface area contributed by atoms with Gasteiger partial charge in [0.25, 0.3) is 16.0 Å². The van der Waals surface area contributed by atoms with E-state index in [0.29, 0.717) is 0 Å². The van der Waals surface area contributed by atoms with E-state index in [9.17, 15) is 17.2 Å². The molecule has 0 aromatic heterocycles. The lowest BCUT2D eigenvalue weighted by atomic mass is 10.3. The number of halogens is 2. The van der Waals surface area contributed by atoms with Crippen molar-refractivity contribution in [3.8, 4) is 0 Å². The summed E-state index contributed by atoms with van der Waals surface area (Å²) in [5.74, 6) is -4.80. The SMILES string of the molecule is CCC(F)(F)CS(=O)(=O)O. The van der Waals surface area contributed by atoms with Crippen LogP contribution in [0.3, 0.4) is 0 Å². The largest absolute Gasteiger partial charge is 0.285 e. The van der Waals surface area contributed by atoms with Crippen molar-refractivity contribution in [2.24, 2.45) is 0 Å². The lowest BCUT2D eigenvalue weighted by Gasteiger charge is -2.10. The Morgan fingerprint density at radius 2 is 1.90 bits per heavy atom. The first-order chi connectivity index (χ1) is 4.27. The van der Waals surface area contributed by atoms with Gasteiger partial charge in [0.05, 0.1) is 0 Å². The van der Waals surface area contributed by atoms with Gasteiger partial charge in [-0.3, -0.25) is 4.55 Å². The van der Waals surface area contributed by atoms with Crippen molar-refractivity contribution in [2.75, 3.05) is 5.75 Å². The molecule has 0 saturated heterocycles. The molecule has 6 heteroatoms. The van der Waals surface area contributed by atoms with Gasteiger partial charge in [-0.05, 0) is 0 Å². The number of alkyl halides is 2. The van der Waals surface area contributed by atoms with Crippen LogP contribution in [0, 0.1) is 0 Å². The van der Waals surface area contributed by atoms with E-state index >= 15 is 0 Å². The Labute approximate surface area is 57.8 Å². The average molecular weight is 174 g/mol. The molecule has 0 aliphatic carbocycles. The lowest BCUT2D eigenvalue weighted by Crippen LogP contribution is -2.26. The first-order valence-electron chi connectivity index (χ1n) is 2.60. The zero-order valence-corrected chi connectivity index (χ0v) is 6.16. The van der Waals surface area contributed by atoms with Crippen molar-refractivity contribution in [3.05, 3.63) is 0 Å². The van der Waals surface area contributed by atoms with E-state index in [0.717, 1.165) is 6.92 Å². The third-order valence-corrected chi connectivity index (χ3v) is 1.70. The molecular formula is C4H8F2O3S. The molecule has 1 N–H and O–H groups in total. The first-order valence-corrected chi connectivity index (χ1v) is 4.21. The molecule has 0 aliphatic heterocycles. The normalized spacial score (nSPS) is 13.6. The maximum Gasteiger partial charge on any atom is 0.270 e. The molecule has 0 aliphatic rings. The van der Waals surface area contributed by atoms with Gasteiger partial charge >= 0.3 is 0 Å². The second kappa shape index (κ2) is 2.79. The topological polar surface area (TPSA) is 54.4 Å². The van der Waals surface area contributed by atoms with Gasteiger partial charge in [-0.15, -0.1) is 0 Å². The lowest BCUT2D eigenvalue weighted by molar-refractivity contribution is 0.0204. The molecule has 0 amide bonds. The van der Waals surface area contributed by atoms with E-state index in [1.807, 2.05) is 0 Å². The third-order valence-electron chi connectivity index (χ3n) is 0.911. The summed E-state index contributed by atoms with van der Waals surface area (Å²) < 4.78 is 52.0. The van der Waals surface area contributed by atoms with Crippen LogP contribution in [0.15, 0.2) is 0 Å². The molecule has 0 atom stereocenters. The maximum absolute atomic E-state index is 12.1. The van der Waals surface area contributed by atoms with Gasteiger partial charge in [0, 0.05) is 6.42 Å². The second-order valence-corrected chi connectivity index (χ2v) is 3.39. The van der Waals surface area contributed by atoms with Crippen molar-refractivity contribution in [1.29, 1.82) is 0 Å². The summed E-state index contributed by atoms with van der Waals surface area (Å²) in [5.41, 5.74) is 0. The quantitative estimate of drug-likeness (QED) is 0.647. The van der Waals surface area contributed by atoms with Crippen LogP contribution in [0.25, 0.3) is 0 Å². The van der Waals surface area contributed by atoms with Crippen LogP contribution in [0.2, 0.25) is 0 Å². The minimum atomic E-state index is -4.54. The highest BCUT2D eigenvalue weighted by Gasteiger charge is 2.32. The second-order valence-electron chi connectivity index (χ2n) is 1.94. The van der Waals surface area contributed by atoms with E-state index in [1.165, 1.54) is 0 Å². The van der Waals surface area contributed by atoms with Gasteiger partial charge < -0.3 is 0 Å². The number of hydrogen-bond donors (Lipinski definition) is 1. The Hall–Kier alpha value is -0.230. The molecule has 0 bridgehead atoms. The van der Waals surface area contributed by atoms with Crippen LogP contribution >= 0.6 is 0 Å². The van der Waals surface area contributed by atoms with Gasteiger partial charge in [0.1, 0.15) is 5.75 Å². The number of hydrogen-bond acceptors (Lipinski definition) is 2. The molecule has 10 heavy (non-hydrogen) atoms. The third kappa shape index (κ3) is 4.63. The monoisotopic (exact) mass is 174 g/mol. The summed E-state index contributed by atoms with van der Waals surface area (Å²) in [7, 11) is -4.54. The standard InChI is InChI=1S/C4H8F2O3S/c1-2-4(5,6)3-10(7,8)9/h2-3H2,1H3,(H,7,8,9). The minimum Gasteiger partial charge on any atom is -0.285 e. The summed E-state index contributed by atoms with van der Waals surface area (Å²) in [4.78, 5) is 0. The smallest absolute Gasteiger partial charge is 0.270 e. The Balaban J connectivity index is 4.16. The van der Waals surface area contributed by atoms with E-state index in [4.69, 9.17) is 4.55 Å². The summed E-state index contributed by atoms with van der Waals surface area (Å²) in [6.45, 7) is 1.14. The van der Waals surface area contributed by atoms with Crippen LogP contribution < -0.4 is 0 Å². The van der Waals surface area contributed by atoms with E-state index in [2.05, 4.69) is 0 Å². The molecule has 0 fully saturated rings. The molecule has 0 radical (unpaired) electrons. The van der Waals surface area contributed by atoms with E-state index in [-0.39, 0.29) is 0 Å². The Morgan fingerprint density at radius 1 is 1.50 bits per heavy atom. The summed E-state index contributed by atoms with van der Waals surface area (Å²) >= 11 is 0. The van der Waals surface area contributed by atoms with Gasteiger partial charge in [0.15, 0.2) is 0 Å². The molecule has 0 aromatic carbocycles. The van der Waals surface area contributed by atoms with Crippen molar-refractivity contribution in [1.82, 2.24) is 0 Å². The predicted molar refractivity (Wildman–Crippen MR) is 31.7 cm³/mol. The molecule has 62 valence electrons. The molecule has 0 aromatic rings. The van der Waals surface area contributed by atoms with Crippen LogP contribution in [0.1, 0.15) is 13.3 Å². The van der Waals surface area contributed by atoms with Crippen LogP contribution in [0.5, 0.6) is 0 Å². The molecule has 0 saturated carbocycles. The molecule has 0 rings (SSSR count). The zero-order chi connectivity index (χ0) is 8.41. The number of rotatable bonds is 3. The zero-order valence-electron chi connectivity index (χ0n) is 5.34. The fourth-order valence-electron chi connectivity index (χ4n) is 0.369. The fraction of sp³-hybridized carbons (Fsp3) is 1.00. The van der Waals surface area contributed by atoms with Crippen molar-refractivity contribution >= 4 is 10.1 Å². The van der Waals surface area contributed by atoms with Gasteiger partial charge in [-0.1, -0.05) is 6.92 Å². The molecule has 3 nitrogen and oxygen atoms in total. The van der Waals surface area contributed by atoms with Crippen LogP contribution in [-0.4, -0.2) is 24.6 Å². The Bertz CT molecular complexity index is 197. The fourth-order valence-corrected chi connectivity index (χ4v) is 1.11. The van der Waals surface area contributed by atoms with Crippen molar-refractivity contribution in [2.45, 2.75) is 19.3 Å². The van der Waals surface area contributed by atoms with Gasteiger partial charge in [-0.25, -0.2) is 8.78 Å². The first kappa shape index (κ1) is 9.77. The van der Waals surface area contributed by atoms with Crippen molar-refractivity contribution < 1.29 is 21.8 Å². The van der Waals surface area contributed by atoms with E-state index in [1.54, 1.807) is 0 Å². The minimum absolute atomic E-state index is 0.590. The molecule has 0 heterocycles. The van der Waals surface area contributed by atoms with Gasteiger partial charge in [-0.2, -0.15) is 8.42 Å². The highest BCUT2D eigenvalue weighted by molar-refractivity contribution is 7.85. The maximum atomic E-state index is 12.1. The molecular weight excluding hydrogens is 166 g/mol. The predicted octanol–water partition coefficient (Wildman–Crippen LogP) is 0.920. The highest BCUT2D eigenvalue weighted by atomic mass is 32.2. The Morgan fingerprint density at radius 3 is 2.00 bits per heavy atom. The van der Waals surface area contributed by atoms with Gasteiger partial charge in [0.2, 0.25) is 0 Å². The average Bonchev–Trinajstić information content (AvgIpc) is 1.60. The van der Waals surface area contributed by atoms with E-state index < -0.39 is 28.2 Å². The van der Waals surface area contributed by atoms with Crippen LogP contribution in [0.4, 0.5) is 8.78 Å². The molecule has 0 unspecified atom stereocenters. The summed E-state index contributed by atoms with van der Waals surface area (Å²) in [6.07, 6.45) is -0.590. The van der Waals surface area contributed by atoms with Crippen LogP contribution in [-0.2, 0) is 10.1 Å².